The quantitative estimate of drug-likeness (QED) is 0.852. The largest absolute Gasteiger partial charge is 0.390 e. The van der Waals surface area contributed by atoms with E-state index >= 15 is 0 Å². The molecule has 0 fully saturated rings. The van der Waals surface area contributed by atoms with Crippen LogP contribution in [0.1, 0.15) is 12.0 Å². The van der Waals surface area contributed by atoms with Gasteiger partial charge in [0.25, 0.3) is 0 Å². The van der Waals surface area contributed by atoms with Crippen molar-refractivity contribution in [3.63, 3.8) is 0 Å². The number of hydrogen-bond acceptors (Lipinski definition) is 2. The summed E-state index contributed by atoms with van der Waals surface area (Å²) in [7, 11) is -3.74. The summed E-state index contributed by atoms with van der Waals surface area (Å²) in [5, 5.41) is 0.446. The van der Waals surface area contributed by atoms with Crippen molar-refractivity contribution in [2.24, 2.45) is 0 Å². The van der Waals surface area contributed by atoms with Crippen LogP contribution in [0, 0.1) is 0 Å². The van der Waals surface area contributed by atoms with E-state index in [9.17, 15) is 21.6 Å². The van der Waals surface area contributed by atoms with E-state index in [1.807, 2.05) is 0 Å². The van der Waals surface area contributed by atoms with Crippen molar-refractivity contribution in [3.8, 4) is 0 Å². The van der Waals surface area contributed by atoms with Crippen molar-refractivity contribution in [2.75, 3.05) is 5.75 Å². The lowest BCUT2D eigenvalue weighted by atomic mass is 10.2. The van der Waals surface area contributed by atoms with Crippen LogP contribution in [0.5, 0.6) is 0 Å². The minimum atomic E-state index is -4.45. The molecule has 1 aromatic carbocycles. The van der Waals surface area contributed by atoms with Crippen molar-refractivity contribution in [1.82, 2.24) is 0 Å². The molecule has 0 saturated carbocycles. The normalized spacial score (nSPS) is 12.7. The first-order valence-electron chi connectivity index (χ1n) is 4.70. The van der Waals surface area contributed by atoms with E-state index in [0.717, 1.165) is 0 Å². The lowest BCUT2D eigenvalue weighted by Crippen LogP contribution is -2.17. The molecular weight excluding hydrogens is 277 g/mol. The molecule has 0 aliphatic rings. The molecule has 0 saturated heterocycles. The van der Waals surface area contributed by atoms with Crippen LogP contribution in [0.15, 0.2) is 24.3 Å². The van der Waals surface area contributed by atoms with Crippen molar-refractivity contribution in [2.45, 2.75) is 18.3 Å². The van der Waals surface area contributed by atoms with Gasteiger partial charge in [-0.3, -0.25) is 0 Å². The Morgan fingerprint density at radius 3 is 2.12 bits per heavy atom. The van der Waals surface area contributed by atoms with E-state index in [2.05, 4.69) is 0 Å². The maximum Gasteiger partial charge on any atom is 0.390 e. The second-order valence-corrected chi connectivity index (χ2v) is 6.20. The lowest BCUT2D eigenvalue weighted by molar-refractivity contribution is -0.129. The van der Waals surface area contributed by atoms with Crippen LogP contribution in [0.25, 0.3) is 0 Å². The zero-order chi connectivity index (χ0) is 13.1. The minimum absolute atomic E-state index is 0.403. The first-order valence-corrected chi connectivity index (χ1v) is 6.89. The first kappa shape index (κ1) is 14.3. The molecule has 1 aromatic rings. The predicted octanol–water partition coefficient (Wildman–Crippen LogP) is 3.21. The van der Waals surface area contributed by atoms with Gasteiger partial charge in [0.2, 0.25) is 0 Å². The molecule has 0 aliphatic carbocycles. The molecule has 0 radical (unpaired) electrons. The predicted molar refractivity (Wildman–Crippen MR) is 59.6 cm³/mol. The third-order valence-corrected chi connectivity index (χ3v) is 3.85. The molecule has 0 aromatic heterocycles. The van der Waals surface area contributed by atoms with Crippen molar-refractivity contribution < 1.29 is 21.6 Å². The van der Waals surface area contributed by atoms with Gasteiger partial charge in [-0.05, 0) is 17.7 Å². The minimum Gasteiger partial charge on any atom is -0.228 e. The van der Waals surface area contributed by atoms with Crippen LogP contribution in [0.3, 0.4) is 0 Å². The topological polar surface area (TPSA) is 34.1 Å². The maximum atomic E-state index is 11.9. The molecule has 0 bridgehead atoms. The van der Waals surface area contributed by atoms with Crippen molar-refractivity contribution in [3.05, 3.63) is 34.9 Å². The summed E-state index contributed by atoms with van der Waals surface area (Å²) in [5.74, 6) is -1.29. The van der Waals surface area contributed by atoms with Crippen LogP contribution < -0.4 is 0 Å². The van der Waals surface area contributed by atoms with Gasteiger partial charge < -0.3 is 0 Å². The molecule has 96 valence electrons. The van der Waals surface area contributed by atoms with Gasteiger partial charge in [0, 0.05) is 5.02 Å². The first-order chi connectivity index (χ1) is 7.68. The summed E-state index contributed by atoms with van der Waals surface area (Å²) in [5.41, 5.74) is 0.427. The standard InChI is InChI=1S/C10H10ClF3O2S/c11-9-3-1-8(2-4-9)7-17(15,16)6-5-10(12,13)14/h1-4H,5-7H2. The Morgan fingerprint density at radius 1 is 1.12 bits per heavy atom. The molecule has 2 nitrogen and oxygen atoms in total. The monoisotopic (exact) mass is 286 g/mol. The van der Waals surface area contributed by atoms with Gasteiger partial charge in [0.15, 0.2) is 9.84 Å². The highest BCUT2D eigenvalue weighted by molar-refractivity contribution is 7.90. The highest BCUT2D eigenvalue weighted by Gasteiger charge is 2.29. The van der Waals surface area contributed by atoms with Crippen LogP contribution >= 0.6 is 11.6 Å². The molecular formula is C10H10ClF3O2S. The summed E-state index contributed by atoms with van der Waals surface area (Å²) >= 11 is 5.61. The molecule has 0 atom stereocenters. The summed E-state index contributed by atoms with van der Waals surface area (Å²) in [6.45, 7) is 0. The summed E-state index contributed by atoms with van der Waals surface area (Å²) < 4.78 is 58.5. The third-order valence-electron chi connectivity index (χ3n) is 2.00. The molecule has 0 heterocycles. The Morgan fingerprint density at radius 2 is 1.65 bits per heavy atom. The second kappa shape index (κ2) is 5.27. The fourth-order valence-corrected chi connectivity index (χ4v) is 2.69. The molecule has 0 aliphatic heterocycles. The number of alkyl halides is 3. The molecule has 17 heavy (non-hydrogen) atoms. The van der Waals surface area contributed by atoms with E-state index < -0.39 is 33.9 Å². The van der Waals surface area contributed by atoms with E-state index in [1.165, 1.54) is 24.3 Å². The summed E-state index contributed by atoms with van der Waals surface area (Å²) in [6.07, 6.45) is -5.77. The average molecular weight is 287 g/mol. The highest BCUT2D eigenvalue weighted by atomic mass is 35.5. The summed E-state index contributed by atoms with van der Waals surface area (Å²) in [6, 6.07) is 5.95. The van der Waals surface area contributed by atoms with E-state index in [1.54, 1.807) is 0 Å². The van der Waals surface area contributed by atoms with Gasteiger partial charge in [-0.1, -0.05) is 23.7 Å². The zero-order valence-corrected chi connectivity index (χ0v) is 10.2. The number of rotatable bonds is 4. The Kier molecular flexibility index (Phi) is 4.43. The van der Waals surface area contributed by atoms with Crippen LogP contribution in [-0.4, -0.2) is 20.3 Å². The van der Waals surface area contributed by atoms with Gasteiger partial charge in [-0.25, -0.2) is 8.42 Å². The van der Waals surface area contributed by atoms with E-state index in [-0.39, 0.29) is 0 Å². The third kappa shape index (κ3) is 5.93. The van der Waals surface area contributed by atoms with Crippen LogP contribution in [0.2, 0.25) is 5.02 Å². The second-order valence-electron chi connectivity index (χ2n) is 3.58. The smallest absolute Gasteiger partial charge is 0.228 e. The van der Waals surface area contributed by atoms with Crippen molar-refractivity contribution in [1.29, 1.82) is 0 Å². The number of hydrogen-bond donors (Lipinski definition) is 0. The molecule has 0 amide bonds. The number of sulfone groups is 1. The Balaban J connectivity index is 2.64. The van der Waals surface area contributed by atoms with Gasteiger partial charge in [0.1, 0.15) is 0 Å². The number of benzene rings is 1. The fraction of sp³-hybridized carbons (Fsp3) is 0.400. The molecule has 1 rings (SSSR count). The van der Waals surface area contributed by atoms with Crippen LogP contribution in [0.4, 0.5) is 13.2 Å². The Bertz CT molecular complexity index is 465. The van der Waals surface area contributed by atoms with Gasteiger partial charge >= 0.3 is 6.18 Å². The lowest BCUT2D eigenvalue weighted by Gasteiger charge is -2.07. The zero-order valence-electron chi connectivity index (χ0n) is 8.67. The average Bonchev–Trinajstić information content (AvgIpc) is 2.18. The van der Waals surface area contributed by atoms with Gasteiger partial charge in [-0.15, -0.1) is 0 Å². The van der Waals surface area contributed by atoms with E-state index in [4.69, 9.17) is 11.6 Å². The Labute approximate surface area is 102 Å². The molecule has 0 N–H and O–H groups in total. The summed E-state index contributed by atoms with van der Waals surface area (Å²) in [4.78, 5) is 0. The molecule has 0 unspecified atom stereocenters. The SMILES string of the molecule is O=S(=O)(CCC(F)(F)F)Cc1ccc(Cl)cc1. The molecule has 7 heteroatoms. The van der Waals surface area contributed by atoms with Gasteiger partial charge in [-0.2, -0.15) is 13.2 Å². The number of halogens is 4. The van der Waals surface area contributed by atoms with Gasteiger partial charge in [0.05, 0.1) is 17.9 Å². The fourth-order valence-electron chi connectivity index (χ4n) is 1.18. The maximum absolute atomic E-state index is 11.9. The van der Waals surface area contributed by atoms with Crippen molar-refractivity contribution >= 4 is 21.4 Å². The highest BCUT2D eigenvalue weighted by Crippen LogP contribution is 2.21. The van der Waals surface area contributed by atoms with Crippen LogP contribution in [-0.2, 0) is 15.6 Å². The Hall–Kier alpha value is -0.750. The molecule has 0 spiro atoms. The van der Waals surface area contributed by atoms with E-state index in [0.29, 0.717) is 10.6 Å².